The molecule has 0 bridgehead atoms. The second kappa shape index (κ2) is 11.1. The van der Waals surface area contributed by atoms with Crippen molar-refractivity contribution in [3.8, 4) is 0 Å². The molecule has 8 heteroatoms. The molecule has 1 fully saturated rings. The Hall–Kier alpha value is -1.15. The number of hydrogen-bond acceptors (Lipinski definition) is 4. The summed E-state index contributed by atoms with van der Waals surface area (Å²) < 4.78 is 27.0. The maximum Gasteiger partial charge on any atom is 0.226 e. The molecule has 28 heavy (non-hydrogen) atoms. The Kier molecular flexibility index (Phi) is 9.90. The molecule has 2 rings (SSSR count). The number of rotatable bonds is 8. The van der Waals surface area contributed by atoms with Gasteiger partial charge >= 0.3 is 0 Å². The number of carbonyl (C=O) groups is 1. The molecule has 160 valence electrons. The van der Waals surface area contributed by atoms with E-state index in [1.807, 2.05) is 30.3 Å². The summed E-state index contributed by atoms with van der Waals surface area (Å²) in [5.41, 5.74) is 6.84. The van der Waals surface area contributed by atoms with E-state index in [1.54, 1.807) is 11.9 Å². The SMILES string of the molecule is CC(C)C(N)CCN(C)C(=O)C1CCCN(S(=O)(=O)Cc2ccccc2)C1.Cl. The van der Waals surface area contributed by atoms with Crippen molar-refractivity contribution in [3.05, 3.63) is 35.9 Å². The lowest BCUT2D eigenvalue weighted by atomic mass is 9.97. The van der Waals surface area contributed by atoms with Gasteiger partial charge in [-0.3, -0.25) is 4.79 Å². The highest BCUT2D eigenvalue weighted by atomic mass is 35.5. The van der Waals surface area contributed by atoms with Crippen LogP contribution < -0.4 is 5.73 Å². The quantitative estimate of drug-likeness (QED) is 0.685. The Labute approximate surface area is 175 Å². The molecule has 2 atom stereocenters. The van der Waals surface area contributed by atoms with Gasteiger partial charge in [0, 0.05) is 32.7 Å². The molecule has 0 radical (unpaired) electrons. The first-order valence-corrected chi connectivity index (χ1v) is 11.3. The summed E-state index contributed by atoms with van der Waals surface area (Å²) in [7, 11) is -1.64. The van der Waals surface area contributed by atoms with Crippen molar-refractivity contribution in [2.75, 3.05) is 26.7 Å². The van der Waals surface area contributed by atoms with Gasteiger partial charge < -0.3 is 10.6 Å². The second-order valence-electron chi connectivity index (χ2n) is 7.90. The van der Waals surface area contributed by atoms with Crippen LogP contribution in [0.2, 0.25) is 0 Å². The Morgan fingerprint density at radius 1 is 1.29 bits per heavy atom. The highest BCUT2D eigenvalue weighted by Gasteiger charge is 2.33. The normalized spacial score (nSPS) is 19.1. The first-order valence-electron chi connectivity index (χ1n) is 9.73. The molecule has 1 heterocycles. The third-order valence-corrected chi connectivity index (χ3v) is 7.17. The Morgan fingerprint density at radius 2 is 1.93 bits per heavy atom. The van der Waals surface area contributed by atoms with Crippen LogP contribution in [0.15, 0.2) is 30.3 Å². The molecule has 2 unspecified atom stereocenters. The van der Waals surface area contributed by atoms with Crippen molar-refractivity contribution in [2.45, 2.75) is 44.9 Å². The van der Waals surface area contributed by atoms with Crippen LogP contribution in [0.1, 0.15) is 38.7 Å². The zero-order valence-electron chi connectivity index (χ0n) is 17.1. The van der Waals surface area contributed by atoms with Gasteiger partial charge in [-0.25, -0.2) is 12.7 Å². The van der Waals surface area contributed by atoms with Gasteiger partial charge in [0.25, 0.3) is 0 Å². The minimum Gasteiger partial charge on any atom is -0.345 e. The third-order valence-electron chi connectivity index (χ3n) is 5.35. The second-order valence-corrected chi connectivity index (χ2v) is 9.86. The van der Waals surface area contributed by atoms with E-state index in [9.17, 15) is 13.2 Å². The number of halogens is 1. The van der Waals surface area contributed by atoms with Crippen LogP contribution in [0.25, 0.3) is 0 Å². The lowest BCUT2D eigenvalue weighted by molar-refractivity contribution is -0.135. The number of benzene rings is 1. The number of piperidine rings is 1. The lowest BCUT2D eigenvalue weighted by Crippen LogP contribution is -2.46. The minimum absolute atomic E-state index is 0. The van der Waals surface area contributed by atoms with E-state index in [-0.39, 0.29) is 42.6 Å². The van der Waals surface area contributed by atoms with Crippen molar-refractivity contribution >= 4 is 28.3 Å². The van der Waals surface area contributed by atoms with E-state index in [0.717, 1.165) is 18.4 Å². The number of carbonyl (C=O) groups excluding carboxylic acids is 1. The highest BCUT2D eigenvalue weighted by molar-refractivity contribution is 7.88. The molecular weight excluding hydrogens is 398 g/mol. The molecule has 0 saturated carbocycles. The van der Waals surface area contributed by atoms with Crippen LogP contribution in [-0.2, 0) is 20.6 Å². The summed E-state index contributed by atoms with van der Waals surface area (Å²) in [5, 5.41) is 0. The van der Waals surface area contributed by atoms with Gasteiger partial charge in [-0.15, -0.1) is 12.4 Å². The zero-order chi connectivity index (χ0) is 20.0. The number of sulfonamides is 1. The molecule has 1 aliphatic rings. The number of nitrogens with two attached hydrogens (primary N) is 1. The third kappa shape index (κ3) is 7.03. The van der Waals surface area contributed by atoms with Gasteiger partial charge in [0.05, 0.1) is 11.7 Å². The zero-order valence-corrected chi connectivity index (χ0v) is 18.7. The molecule has 6 nitrogen and oxygen atoms in total. The van der Waals surface area contributed by atoms with Crippen molar-refractivity contribution in [1.82, 2.24) is 9.21 Å². The molecule has 1 amide bonds. The van der Waals surface area contributed by atoms with Crippen LogP contribution >= 0.6 is 12.4 Å². The summed E-state index contributed by atoms with van der Waals surface area (Å²) in [5.74, 6) is 0.102. The van der Waals surface area contributed by atoms with E-state index in [0.29, 0.717) is 25.4 Å². The highest BCUT2D eigenvalue weighted by Crippen LogP contribution is 2.23. The molecule has 1 aliphatic heterocycles. The minimum atomic E-state index is -3.42. The fourth-order valence-electron chi connectivity index (χ4n) is 3.37. The van der Waals surface area contributed by atoms with Crippen LogP contribution in [0.4, 0.5) is 0 Å². The Morgan fingerprint density at radius 3 is 2.54 bits per heavy atom. The Bertz CT molecular complexity index is 713. The largest absolute Gasteiger partial charge is 0.345 e. The van der Waals surface area contributed by atoms with E-state index < -0.39 is 10.0 Å². The van der Waals surface area contributed by atoms with Gasteiger partial charge in [-0.2, -0.15) is 0 Å². The monoisotopic (exact) mass is 431 g/mol. The predicted octanol–water partition coefficient (Wildman–Crippen LogP) is 2.48. The number of hydrogen-bond donors (Lipinski definition) is 1. The molecular formula is C20H34ClN3O3S. The average molecular weight is 432 g/mol. The van der Waals surface area contributed by atoms with Crippen LogP contribution in [0, 0.1) is 11.8 Å². The summed E-state index contributed by atoms with van der Waals surface area (Å²) in [6.07, 6.45) is 2.20. The van der Waals surface area contributed by atoms with Crippen LogP contribution in [-0.4, -0.2) is 56.3 Å². The number of amides is 1. The van der Waals surface area contributed by atoms with Crippen molar-refractivity contribution < 1.29 is 13.2 Å². The predicted molar refractivity (Wildman–Crippen MR) is 116 cm³/mol. The standard InChI is InChI=1S/C20H33N3O3S.ClH/c1-16(2)19(21)11-13-22(3)20(24)18-10-7-12-23(14-18)27(25,26)15-17-8-5-4-6-9-17;/h4-6,8-9,16,18-19H,7,10-15,21H2,1-3H3;1H. The maximum absolute atomic E-state index is 12.8. The molecule has 1 aromatic rings. The van der Waals surface area contributed by atoms with E-state index in [1.165, 1.54) is 4.31 Å². The van der Waals surface area contributed by atoms with Gasteiger partial charge in [-0.1, -0.05) is 44.2 Å². The summed E-state index contributed by atoms with van der Waals surface area (Å²) in [6.45, 7) is 5.51. The van der Waals surface area contributed by atoms with Crippen LogP contribution in [0.5, 0.6) is 0 Å². The fourth-order valence-corrected chi connectivity index (χ4v) is 4.98. The summed E-state index contributed by atoms with van der Waals surface area (Å²) >= 11 is 0. The van der Waals surface area contributed by atoms with Crippen molar-refractivity contribution in [1.29, 1.82) is 0 Å². The molecule has 2 N–H and O–H groups in total. The van der Waals surface area contributed by atoms with E-state index in [4.69, 9.17) is 5.73 Å². The van der Waals surface area contributed by atoms with Gasteiger partial charge in [-0.05, 0) is 30.7 Å². The smallest absolute Gasteiger partial charge is 0.226 e. The first kappa shape index (κ1) is 24.9. The number of nitrogens with zero attached hydrogens (tertiary/aromatic N) is 2. The molecule has 0 aromatic heterocycles. The summed E-state index contributed by atoms with van der Waals surface area (Å²) in [4.78, 5) is 14.5. The van der Waals surface area contributed by atoms with E-state index in [2.05, 4.69) is 13.8 Å². The molecule has 0 spiro atoms. The van der Waals surface area contributed by atoms with Gasteiger partial charge in [0.15, 0.2) is 0 Å². The van der Waals surface area contributed by atoms with Crippen molar-refractivity contribution in [2.24, 2.45) is 17.6 Å². The fraction of sp³-hybridized carbons (Fsp3) is 0.650. The maximum atomic E-state index is 12.8. The molecule has 1 saturated heterocycles. The van der Waals surface area contributed by atoms with Gasteiger partial charge in [0.2, 0.25) is 15.9 Å². The van der Waals surface area contributed by atoms with Crippen molar-refractivity contribution in [3.63, 3.8) is 0 Å². The van der Waals surface area contributed by atoms with Crippen LogP contribution in [0.3, 0.4) is 0 Å². The Balaban J connectivity index is 0.00000392. The molecule has 1 aromatic carbocycles. The first-order chi connectivity index (χ1) is 12.7. The van der Waals surface area contributed by atoms with E-state index >= 15 is 0 Å². The molecule has 0 aliphatic carbocycles. The lowest BCUT2D eigenvalue weighted by Gasteiger charge is -2.33. The summed E-state index contributed by atoms with van der Waals surface area (Å²) in [6, 6.07) is 9.24. The van der Waals surface area contributed by atoms with Gasteiger partial charge in [0.1, 0.15) is 0 Å². The topological polar surface area (TPSA) is 83.7 Å². The average Bonchev–Trinajstić information content (AvgIpc) is 2.65.